The van der Waals surface area contributed by atoms with E-state index in [-0.39, 0.29) is 0 Å². The van der Waals surface area contributed by atoms with Crippen molar-refractivity contribution in [1.82, 2.24) is 24.5 Å². The summed E-state index contributed by atoms with van der Waals surface area (Å²) < 4.78 is 4.98. The minimum atomic E-state index is 0.836. The molecule has 0 aliphatic heterocycles. The van der Waals surface area contributed by atoms with E-state index < -0.39 is 0 Å². The average Bonchev–Trinajstić information content (AvgIpc) is 3.15. The maximum atomic E-state index is 4.75. The Hall–Kier alpha value is -1.89. The van der Waals surface area contributed by atoms with Crippen molar-refractivity contribution < 1.29 is 0 Å². The molecule has 0 aliphatic rings. The van der Waals surface area contributed by atoms with Gasteiger partial charge in [0.05, 0.1) is 16.6 Å². The van der Waals surface area contributed by atoms with Gasteiger partial charge >= 0.3 is 0 Å². The summed E-state index contributed by atoms with van der Waals surface area (Å²) in [6.45, 7) is 8.94. The first-order chi connectivity index (χ1) is 10.1. The third-order valence-electron chi connectivity index (χ3n) is 3.57. The molecule has 0 unspecified atom stereocenters. The van der Waals surface area contributed by atoms with Gasteiger partial charge in [-0.15, -0.1) is 0 Å². The molecule has 0 N–H and O–H groups in total. The molecule has 6 nitrogen and oxygen atoms in total. The van der Waals surface area contributed by atoms with Crippen LogP contribution in [-0.2, 0) is 20.1 Å². The molecule has 3 aromatic heterocycles. The van der Waals surface area contributed by atoms with Crippen molar-refractivity contribution in [1.29, 1.82) is 0 Å². The maximum Gasteiger partial charge on any atom is 0.188 e. The Kier molecular flexibility index (Phi) is 3.67. The highest BCUT2D eigenvalue weighted by Crippen LogP contribution is 2.31. The van der Waals surface area contributed by atoms with Crippen molar-refractivity contribution in [3.63, 3.8) is 0 Å². The molecule has 0 saturated heterocycles. The van der Waals surface area contributed by atoms with Crippen LogP contribution in [0.3, 0.4) is 0 Å². The number of aromatic nitrogens is 5. The van der Waals surface area contributed by atoms with E-state index in [2.05, 4.69) is 35.1 Å². The van der Waals surface area contributed by atoms with Crippen molar-refractivity contribution in [2.45, 2.75) is 33.9 Å². The van der Waals surface area contributed by atoms with Crippen LogP contribution >= 0.6 is 11.3 Å². The number of aryl methyl sites for hydroxylation is 3. The number of fused-ring (bicyclic) bond motifs is 1. The Morgan fingerprint density at radius 1 is 1.33 bits per heavy atom. The Balaban J connectivity index is 1.88. The Morgan fingerprint density at radius 2 is 2.14 bits per heavy atom. The van der Waals surface area contributed by atoms with E-state index in [0.29, 0.717) is 0 Å². The quantitative estimate of drug-likeness (QED) is 0.727. The number of hydrogen-bond acceptors (Lipinski definition) is 5. The topological polar surface area (TPSA) is 51.8 Å². The summed E-state index contributed by atoms with van der Waals surface area (Å²) in [5.74, 6) is 0. The fourth-order valence-corrected chi connectivity index (χ4v) is 3.50. The van der Waals surface area contributed by atoms with Gasteiger partial charge in [-0.05, 0) is 20.8 Å². The summed E-state index contributed by atoms with van der Waals surface area (Å²) in [5, 5.41) is 9.79. The summed E-state index contributed by atoms with van der Waals surface area (Å²) >= 11 is 1.71. The molecular formula is C14H20N6S. The van der Waals surface area contributed by atoms with Crippen molar-refractivity contribution in [2.75, 3.05) is 11.4 Å². The second kappa shape index (κ2) is 5.48. The van der Waals surface area contributed by atoms with E-state index in [1.807, 2.05) is 29.5 Å². The Labute approximate surface area is 128 Å². The van der Waals surface area contributed by atoms with Gasteiger partial charge in [0, 0.05) is 38.4 Å². The van der Waals surface area contributed by atoms with E-state index in [4.69, 9.17) is 4.98 Å². The molecule has 0 fully saturated rings. The molecule has 0 aliphatic carbocycles. The molecule has 3 aromatic rings. The number of anilines is 1. The lowest BCUT2D eigenvalue weighted by Gasteiger charge is -2.18. The van der Waals surface area contributed by atoms with E-state index in [9.17, 15) is 0 Å². The SMILES string of the molecule is CCN(Cc1cnn(CC)c1)c1nc2c(s1)c(C)nn2C. The highest BCUT2D eigenvalue weighted by Gasteiger charge is 2.16. The normalized spacial score (nSPS) is 11.4. The molecule has 0 bridgehead atoms. The summed E-state index contributed by atoms with van der Waals surface area (Å²) in [6.07, 6.45) is 4.04. The molecule has 7 heteroatoms. The van der Waals surface area contributed by atoms with Gasteiger partial charge in [0.15, 0.2) is 10.8 Å². The minimum Gasteiger partial charge on any atom is -0.344 e. The molecule has 3 rings (SSSR count). The number of rotatable bonds is 5. The van der Waals surface area contributed by atoms with Gasteiger partial charge in [-0.1, -0.05) is 11.3 Å². The van der Waals surface area contributed by atoms with E-state index in [1.165, 1.54) is 10.3 Å². The summed E-state index contributed by atoms with van der Waals surface area (Å²) in [7, 11) is 1.94. The fourth-order valence-electron chi connectivity index (χ4n) is 2.41. The third-order valence-corrected chi connectivity index (χ3v) is 4.78. The van der Waals surface area contributed by atoms with Gasteiger partial charge in [-0.2, -0.15) is 10.2 Å². The van der Waals surface area contributed by atoms with Crippen LogP contribution in [0.25, 0.3) is 10.3 Å². The van der Waals surface area contributed by atoms with Crippen LogP contribution in [0.4, 0.5) is 5.13 Å². The highest BCUT2D eigenvalue weighted by atomic mass is 32.1. The van der Waals surface area contributed by atoms with Gasteiger partial charge in [0.2, 0.25) is 0 Å². The van der Waals surface area contributed by atoms with Crippen LogP contribution in [-0.4, -0.2) is 31.1 Å². The first-order valence-electron chi connectivity index (χ1n) is 7.18. The minimum absolute atomic E-state index is 0.836. The van der Waals surface area contributed by atoms with Crippen LogP contribution in [0.5, 0.6) is 0 Å². The van der Waals surface area contributed by atoms with Crippen molar-refractivity contribution in [3.8, 4) is 0 Å². The first-order valence-corrected chi connectivity index (χ1v) is 8.00. The second-order valence-electron chi connectivity index (χ2n) is 5.08. The molecule has 0 atom stereocenters. The van der Waals surface area contributed by atoms with Crippen LogP contribution < -0.4 is 4.90 Å². The summed E-state index contributed by atoms with van der Waals surface area (Å²) in [5.41, 5.74) is 3.23. The Morgan fingerprint density at radius 3 is 2.76 bits per heavy atom. The fraction of sp³-hybridized carbons (Fsp3) is 0.500. The molecule has 0 radical (unpaired) electrons. The largest absolute Gasteiger partial charge is 0.344 e. The van der Waals surface area contributed by atoms with Gasteiger partial charge in [0.25, 0.3) is 0 Å². The highest BCUT2D eigenvalue weighted by molar-refractivity contribution is 7.22. The lowest BCUT2D eigenvalue weighted by molar-refractivity contribution is 0.658. The number of hydrogen-bond donors (Lipinski definition) is 0. The molecule has 112 valence electrons. The number of thiazole rings is 1. The number of nitrogens with zero attached hydrogens (tertiary/aromatic N) is 6. The molecule has 0 spiro atoms. The standard InChI is InChI=1S/C14H20N6S/c1-5-19(8-11-7-15-20(6-2)9-11)14-16-13-12(21-14)10(3)17-18(13)4/h7,9H,5-6,8H2,1-4H3. The predicted molar refractivity (Wildman–Crippen MR) is 85.7 cm³/mol. The van der Waals surface area contributed by atoms with Crippen molar-refractivity contribution >= 4 is 26.8 Å². The first kappa shape index (κ1) is 14.1. The lowest BCUT2D eigenvalue weighted by atomic mass is 10.3. The predicted octanol–water partition coefficient (Wildman–Crippen LogP) is 2.58. The zero-order valence-corrected chi connectivity index (χ0v) is 13.7. The van der Waals surface area contributed by atoms with E-state index in [1.54, 1.807) is 11.3 Å². The van der Waals surface area contributed by atoms with Gasteiger partial charge < -0.3 is 4.90 Å². The smallest absolute Gasteiger partial charge is 0.188 e. The molecule has 0 saturated carbocycles. The van der Waals surface area contributed by atoms with Crippen LogP contribution in [0.1, 0.15) is 25.1 Å². The van der Waals surface area contributed by atoms with Crippen LogP contribution in [0.2, 0.25) is 0 Å². The van der Waals surface area contributed by atoms with Gasteiger partial charge in [-0.25, -0.2) is 9.67 Å². The van der Waals surface area contributed by atoms with Crippen molar-refractivity contribution in [2.24, 2.45) is 7.05 Å². The zero-order chi connectivity index (χ0) is 15.0. The second-order valence-corrected chi connectivity index (χ2v) is 6.05. The lowest BCUT2D eigenvalue weighted by Crippen LogP contribution is -2.21. The molecule has 21 heavy (non-hydrogen) atoms. The molecular weight excluding hydrogens is 284 g/mol. The van der Waals surface area contributed by atoms with Crippen molar-refractivity contribution in [3.05, 3.63) is 23.7 Å². The van der Waals surface area contributed by atoms with Crippen LogP contribution in [0, 0.1) is 6.92 Å². The maximum absolute atomic E-state index is 4.75. The van der Waals surface area contributed by atoms with Crippen LogP contribution in [0.15, 0.2) is 12.4 Å². The zero-order valence-electron chi connectivity index (χ0n) is 12.9. The van der Waals surface area contributed by atoms with Gasteiger partial charge in [0.1, 0.15) is 0 Å². The molecule has 0 aromatic carbocycles. The van der Waals surface area contributed by atoms with Gasteiger partial charge in [-0.3, -0.25) is 4.68 Å². The molecule has 3 heterocycles. The third kappa shape index (κ3) is 2.53. The average molecular weight is 304 g/mol. The van der Waals surface area contributed by atoms with E-state index in [0.717, 1.165) is 36.1 Å². The summed E-state index contributed by atoms with van der Waals surface area (Å²) in [6, 6.07) is 0. The monoisotopic (exact) mass is 304 g/mol. The Bertz CT molecular complexity index is 718. The summed E-state index contributed by atoms with van der Waals surface area (Å²) in [4.78, 5) is 7.02. The molecule has 0 amide bonds. The van der Waals surface area contributed by atoms with E-state index >= 15 is 0 Å².